The molecule has 1 aliphatic rings. The van der Waals surface area contributed by atoms with Crippen LogP contribution in [0.25, 0.3) is 0 Å². The minimum Gasteiger partial charge on any atom is -0.388 e. The summed E-state index contributed by atoms with van der Waals surface area (Å²) in [5, 5.41) is 14.5. The molecule has 1 N–H and O–H groups in total. The minimum absolute atomic E-state index is 0.185. The van der Waals surface area contributed by atoms with Crippen molar-refractivity contribution < 1.29 is 13.5 Å². The van der Waals surface area contributed by atoms with Gasteiger partial charge in [0, 0.05) is 25.3 Å². The highest BCUT2D eigenvalue weighted by atomic mass is 32.2. The number of aromatic nitrogens is 2. The zero-order chi connectivity index (χ0) is 17.2. The second-order valence-electron chi connectivity index (χ2n) is 6.11. The lowest BCUT2D eigenvalue weighted by Crippen LogP contribution is -2.36. The number of benzene rings is 1. The number of aliphatic hydroxyl groups excluding tert-OH is 1. The molecule has 24 heavy (non-hydrogen) atoms. The quantitative estimate of drug-likeness (QED) is 0.867. The summed E-state index contributed by atoms with van der Waals surface area (Å²) >= 11 is 0. The number of hydrogen-bond donors (Lipinski definition) is 1. The molecule has 2 atom stereocenters. The SMILES string of the molecule is CCn1cc(S(=O)(=O)N2CCC[C@H]2C[C@@H](O)c2ccccc2)cn1. The third kappa shape index (κ3) is 3.38. The van der Waals surface area contributed by atoms with Crippen molar-refractivity contribution in [1.82, 2.24) is 14.1 Å². The number of aryl methyl sites for hydroxylation is 1. The van der Waals surface area contributed by atoms with E-state index in [0.717, 1.165) is 18.4 Å². The van der Waals surface area contributed by atoms with E-state index < -0.39 is 16.1 Å². The van der Waals surface area contributed by atoms with Crippen molar-refractivity contribution in [3.63, 3.8) is 0 Å². The maximum Gasteiger partial charge on any atom is 0.246 e. The Morgan fingerprint density at radius 3 is 2.75 bits per heavy atom. The summed E-state index contributed by atoms with van der Waals surface area (Å²) < 4.78 is 28.9. The Bertz CT molecular complexity index is 773. The van der Waals surface area contributed by atoms with Crippen LogP contribution in [0.3, 0.4) is 0 Å². The Kier molecular flexibility index (Phi) is 5.03. The zero-order valence-electron chi connectivity index (χ0n) is 13.7. The van der Waals surface area contributed by atoms with Crippen LogP contribution in [0.5, 0.6) is 0 Å². The maximum atomic E-state index is 12.9. The van der Waals surface area contributed by atoms with E-state index in [0.29, 0.717) is 19.5 Å². The monoisotopic (exact) mass is 349 g/mol. The first-order chi connectivity index (χ1) is 11.5. The van der Waals surface area contributed by atoms with Gasteiger partial charge >= 0.3 is 0 Å². The molecule has 2 heterocycles. The molecular weight excluding hydrogens is 326 g/mol. The Labute approximate surface area is 142 Å². The van der Waals surface area contributed by atoms with Gasteiger partial charge in [-0.3, -0.25) is 4.68 Å². The van der Waals surface area contributed by atoms with Crippen LogP contribution >= 0.6 is 0 Å². The van der Waals surface area contributed by atoms with Crippen molar-refractivity contribution in [2.24, 2.45) is 0 Å². The Balaban J connectivity index is 1.77. The van der Waals surface area contributed by atoms with E-state index in [4.69, 9.17) is 0 Å². The molecule has 0 bridgehead atoms. The topological polar surface area (TPSA) is 75.4 Å². The van der Waals surface area contributed by atoms with Gasteiger partial charge in [0.15, 0.2) is 0 Å². The van der Waals surface area contributed by atoms with Crippen LogP contribution in [-0.4, -0.2) is 40.2 Å². The summed E-state index contributed by atoms with van der Waals surface area (Å²) in [6.07, 6.45) is 4.30. The molecule has 6 nitrogen and oxygen atoms in total. The summed E-state index contributed by atoms with van der Waals surface area (Å²) in [5.74, 6) is 0. The van der Waals surface area contributed by atoms with E-state index in [1.807, 2.05) is 37.3 Å². The summed E-state index contributed by atoms with van der Waals surface area (Å²) in [6.45, 7) is 3.04. The van der Waals surface area contributed by atoms with Crippen LogP contribution < -0.4 is 0 Å². The van der Waals surface area contributed by atoms with Crippen LogP contribution in [0.1, 0.15) is 37.9 Å². The highest BCUT2D eigenvalue weighted by molar-refractivity contribution is 7.89. The first-order valence-corrected chi connectivity index (χ1v) is 9.73. The van der Waals surface area contributed by atoms with Crippen LogP contribution in [0.2, 0.25) is 0 Å². The van der Waals surface area contributed by atoms with Crippen molar-refractivity contribution in [3.05, 3.63) is 48.3 Å². The van der Waals surface area contributed by atoms with Crippen LogP contribution in [0.15, 0.2) is 47.6 Å². The van der Waals surface area contributed by atoms with Crippen molar-refractivity contribution in [3.8, 4) is 0 Å². The van der Waals surface area contributed by atoms with Gasteiger partial charge in [-0.25, -0.2) is 8.42 Å². The summed E-state index contributed by atoms with van der Waals surface area (Å²) in [5.41, 5.74) is 0.820. The minimum atomic E-state index is -3.57. The summed E-state index contributed by atoms with van der Waals surface area (Å²) in [6, 6.07) is 9.19. The standard InChI is InChI=1S/C17H23N3O3S/c1-2-19-13-16(12-18-19)24(22,23)20-10-6-9-15(20)11-17(21)14-7-4-3-5-8-14/h3-5,7-8,12-13,15,17,21H,2,6,9-11H2,1H3/t15-,17+/m0/s1. The predicted molar refractivity (Wildman–Crippen MR) is 90.8 cm³/mol. The molecule has 0 saturated carbocycles. The third-order valence-corrected chi connectivity index (χ3v) is 6.45. The van der Waals surface area contributed by atoms with Gasteiger partial charge in [0.05, 0.1) is 12.3 Å². The number of rotatable bonds is 6. The second-order valence-corrected chi connectivity index (χ2v) is 8.00. The lowest BCUT2D eigenvalue weighted by Gasteiger charge is -2.25. The van der Waals surface area contributed by atoms with Crippen molar-refractivity contribution >= 4 is 10.0 Å². The fourth-order valence-corrected chi connectivity index (χ4v) is 4.88. The first kappa shape index (κ1) is 17.1. The van der Waals surface area contributed by atoms with Crippen molar-refractivity contribution in [1.29, 1.82) is 0 Å². The van der Waals surface area contributed by atoms with Gasteiger partial charge in [-0.1, -0.05) is 30.3 Å². The van der Waals surface area contributed by atoms with Crippen molar-refractivity contribution in [2.45, 2.75) is 49.8 Å². The molecule has 0 radical (unpaired) electrons. The molecular formula is C17H23N3O3S. The molecule has 0 amide bonds. The van der Waals surface area contributed by atoms with E-state index in [9.17, 15) is 13.5 Å². The predicted octanol–water partition coefficient (Wildman–Crippen LogP) is 2.18. The molecule has 1 fully saturated rings. The molecule has 2 aromatic rings. The maximum absolute atomic E-state index is 12.9. The van der Waals surface area contributed by atoms with Gasteiger partial charge in [-0.15, -0.1) is 0 Å². The van der Waals surface area contributed by atoms with Gasteiger partial charge in [-0.05, 0) is 31.7 Å². The molecule has 1 saturated heterocycles. The van der Waals surface area contributed by atoms with Gasteiger partial charge in [-0.2, -0.15) is 9.40 Å². The average Bonchev–Trinajstić information content (AvgIpc) is 3.25. The number of aliphatic hydroxyl groups is 1. The second kappa shape index (κ2) is 7.04. The van der Waals surface area contributed by atoms with Crippen LogP contribution in [0.4, 0.5) is 0 Å². The normalized spacial score (nSPS) is 20.3. The molecule has 130 valence electrons. The van der Waals surface area contributed by atoms with E-state index in [-0.39, 0.29) is 10.9 Å². The van der Waals surface area contributed by atoms with Crippen LogP contribution in [-0.2, 0) is 16.6 Å². The first-order valence-electron chi connectivity index (χ1n) is 8.29. The summed E-state index contributed by atoms with van der Waals surface area (Å²) in [4.78, 5) is 0.227. The fourth-order valence-electron chi connectivity index (χ4n) is 3.22. The Hall–Kier alpha value is -1.70. The smallest absolute Gasteiger partial charge is 0.246 e. The highest BCUT2D eigenvalue weighted by Crippen LogP contribution is 2.31. The molecule has 1 aromatic carbocycles. The van der Waals surface area contributed by atoms with Gasteiger partial charge in [0.2, 0.25) is 10.0 Å². The number of hydrogen-bond acceptors (Lipinski definition) is 4. The van der Waals surface area contributed by atoms with Crippen molar-refractivity contribution in [2.75, 3.05) is 6.54 Å². The largest absolute Gasteiger partial charge is 0.388 e. The molecule has 0 spiro atoms. The van der Waals surface area contributed by atoms with E-state index >= 15 is 0 Å². The van der Waals surface area contributed by atoms with Gasteiger partial charge in [0.1, 0.15) is 4.90 Å². The average molecular weight is 349 g/mol. The van der Waals surface area contributed by atoms with Gasteiger partial charge in [0.25, 0.3) is 0 Å². The molecule has 1 aromatic heterocycles. The van der Waals surface area contributed by atoms with E-state index in [1.165, 1.54) is 10.5 Å². The van der Waals surface area contributed by atoms with E-state index in [2.05, 4.69) is 5.10 Å². The van der Waals surface area contributed by atoms with Crippen LogP contribution in [0, 0.1) is 0 Å². The number of nitrogens with zero attached hydrogens (tertiary/aromatic N) is 3. The Morgan fingerprint density at radius 2 is 2.08 bits per heavy atom. The highest BCUT2D eigenvalue weighted by Gasteiger charge is 2.37. The number of sulfonamides is 1. The molecule has 7 heteroatoms. The van der Waals surface area contributed by atoms with E-state index in [1.54, 1.807) is 10.9 Å². The molecule has 3 rings (SSSR count). The molecule has 1 aliphatic heterocycles. The lowest BCUT2D eigenvalue weighted by atomic mass is 10.0. The fraction of sp³-hybridized carbons (Fsp3) is 0.471. The lowest BCUT2D eigenvalue weighted by molar-refractivity contribution is 0.142. The van der Waals surface area contributed by atoms with Gasteiger partial charge < -0.3 is 5.11 Å². The third-order valence-electron chi connectivity index (χ3n) is 4.54. The molecule has 0 aliphatic carbocycles. The molecule has 0 unspecified atom stereocenters. The summed E-state index contributed by atoms with van der Waals surface area (Å²) in [7, 11) is -3.57. The zero-order valence-corrected chi connectivity index (χ0v) is 14.6. The Morgan fingerprint density at radius 1 is 1.33 bits per heavy atom.